The highest BCUT2D eigenvalue weighted by molar-refractivity contribution is 9.10. The Kier molecular flexibility index (Phi) is 3.38. The molecule has 3 rings (SSSR count). The highest BCUT2D eigenvalue weighted by atomic mass is 79.9. The summed E-state index contributed by atoms with van der Waals surface area (Å²) in [4.78, 5) is 10.6. The summed E-state index contributed by atoms with van der Waals surface area (Å²) in [5, 5.41) is 11.0. The summed E-state index contributed by atoms with van der Waals surface area (Å²) in [5.41, 5.74) is 1.74. The van der Waals surface area contributed by atoms with Gasteiger partial charge >= 0.3 is 13.2 Å². The number of benzene rings is 1. The number of rotatable bonds is 2. The predicted molar refractivity (Wildman–Crippen MR) is 70.8 cm³/mol. The molecule has 100 valence electrons. The van der Waals surface area contributed by atoms with E-state index in [9.17, 15) is 4.79 Å². The smallest absolute Gasteiger partial charge is 0.492 e. The first-order valence-electron chi connectivity index (χ1n) is 5.86. The molecule has 19 heavy (non-hydrogen) atoms. The van der Waals surface area contributed by atoms with Crippen molar-refractivity contribution in [2.24, 2.45) is 0 Å². The van der Waals surface area contributed by atoms with Crippen molar-refractivity contribution in [2.45, 2.75) is 6.10 Å². The van der Waals surface area contributed by atoms with E-state index in [2.05, 4.69) is 21.2 Å². The number of nitrogens with one attached hydrogen (secondary N) is 1. The van der Waals surface area contributed by atoms with Crippen molar-refractivity contribution in [3.8, 4) is 5.75 Å². The molecule has 2 heterocycles. The Balaban J connectivity index is 1.97. The quantitative estimate of drug-likeness (QED) is 0.789. The van der Waals surface area contributed by atoms with Crippen LogP contribution in [-0.4, -0.2) is 38.1 Å². The van der Waals surface area contributed by atoms with Gasteiger partial charge < -0.3 is 24.5 Å². The second-order valence-electron chi connectivity index (χ2n) is 4.23. The number of halogens is 1. The Morgan fingerprint density at radius 3 is 3.16 bits per heavy atom. The average Bonchev–Trinajstić information content (AvgIpc) is 2.62. The van der Waals surface area contributed by atoms with Crippen molar-refractivity contribution in [1.82, 2.24) is 5.32 Å². The highest BCUT2D eigenvalue weighted by Crippen LogP contribution is 2.35. The van der Waals surface area contributed by atoms with Gasteiger partial charge in [-0.05, 0) is 17.7 Å². The van der Waals surface area contributed by atoms with E-state index in [4.69, 9.17) is 19.2 Å². The molecule has 2 aliphatic heterocycles. The zero-order chi connectivity index (χ0) is 13.4. The molecular formula is C11H11BBrNO5. The summed E-state index contributed by atoms with van der Waals surface area (Å²) in [6.07, 6.45) is -1.46. The first-order valence-corrected chi connectivity index (χ1v) is 6.65. The SMILES string of the molecule is O=C(O)NCC1OB2OCCOc3ccc(Br)c1c32. The van der Waals surface area contributed by atoms with E-state index in [0.29, 0.717) is 13.2 Å². The van der Waals surface area contributed by atoms with E-state index in [1.165, 1.54) is 0 Å². The Labute approximate surface area is 118 Å². The number of hydrogen-bond acceptors (Lipinski definition) is 4. The van der Waals surface area contributed by atoms with E-state index < -0.39 is 13.2 Å². The molecule has 1 atom stereocenters. The van der Waals surface area contributed by atoms with Gasteiger partial charge in [0.2, 0.25) is 0 Å². The van der Waals surface area contributed by atoms with Crippen LogP contribution in [-0.2, 0) is 9.31 Å². The lowest BCUT2D eigenvalue weighted by molar-refractivity contribution is 0.138. The standard InChI is InChI=1S/C11H11BBrNO5/c13-6-1-2-7-10-9(6)8(5-14-11(15)16)19-12(10)18-4-3-17-7/h1-2,8,14H,3-5H2,(H,15,16). The van der Waals surface area contributed by atoms with Crippen molar-refractivity contribution >= 4 is 34.6 Å². The molecule has 0 saturated heterocycles. The third kappa shape index (κ3) is 2.31. The van der Waals surface area contributed by atoms with Crippen LogP contribution in [0, 0.1) is 0 Å². The summed E-state index contributed by atoms with van der Waals surface area (Å²) >= 11 is 3.47. The van der Waals surface area contributed by atoms with E-state index >= 15 is 0 Å². The topological polar surface area (TPSA) is 77.0 Å². The van der Waals surface area contributed by atoms with E-state index in [1.807, 2.05) is 12.1 Å². The van der Waals surface area contributed by atoms with Crippen LogP contribution in [0.1, 0.15) is 11.7 Å². The molecule has 1 amide bonds. The summed E-state index contributed by atoms with van der Waals surface area (Å²) in [5.74, 6) is 0.735. The Hall–Kier alpha value is -1.25. The lowest BCUT2D eigenvalue weighted by atomic mass is 9.78. The second kappa shape index (κ2) is 5.03. The van der Waals surface area contributed by atoms with Crippen molar-refractivity contribution in [2.75, 3.05) is 19.8 Å². The van der Waals surface area contributed by atoms with Gasteiger partial charge in [0.05, 0.1) is 12.7 Å². The van der Waals surface area contributed by atoms with Gasteiger partial charge in [0.15, 0.2) is 0 Å². The number of ether oxygens (including phenoxy) is 1. The van der Waals surface area contributed by atoms with Crippen molar-refractivity contribution in [1.29, 1.82) is 0 Å². The largest absolute Gasteiger partial charge is 0.498 e. The fourth-order valence-corrected chi connectivity index (χ4v) is 2.93. The maximum Gasteiger partial charge on any atom is 0.498 e. The number of hydrogen-bond donors (Lipinski definition) is 2. The first kappa shape index (κ1) is 12.8. The Morgan fingerprint density at radius 2 is 2.37 bits per heavy atom. The maximum atomic E-state index is 10.6. The molecule has 2 aliphatic rings. The minimum Gasteiger partial charge on any atom is -0.492 e. The van der Waals surface area contributed by atoms with Crippen molar-refractivity contribution in [3.63, 3.8) is 0 Å². The molecule has 1 aromatic carbocycles. The molecule has 0 aromatic heterocycles. The molecule has 1 unspecified atom stereocenters. The van der Waals surface area contributed by atoms with Crippen LogP contribution in [0.4, 0.5) is 4.79 Å². The van der Waals surface area contributed by atoms with Crippen LogP contribution in [0.5, 0.6) is 5.75 Å². The molecular weight excluding hydrogens is 317 g/mol. The van der Waals surface area contributed by atoms with Crippen molar-refractivity contribution in [3.05, 3.63) is 22.2 Å². The van der Waals surface area contributed by atoms with Gasteiger partial charge in [0.1, 0.15) is 12.4 Å². The molecule has 1 aromatic rings. The Bertz CT molecular complexity index is 526. The molecule has 0 fully saturated rings. The molecule has 0 saturated carbocycles. The van der Waals surface area contributed by atoms with Gasteiger partial charge in [-0.15, -0.1) is 0 Å². The lowest BCUT2D eigenvalue weighted by Crippen LogP contribution is -2.32. The fourth-order valence-electron chi connectivity index (χ4n) is 2.33. The van der Waals surface area contributed by atoms with Crippen LogP contribution in [0.15, 0.2) is 16.6 Å². The van der Waals surface area contributed by atoms with Crippen molar-refractivity contribution < 1.29 is 23.9 Å². The Morgan fingerprint density at radius 1 is 1.53 bits per heavy atom. The van der Waals surface area contributed by atoms with Gasteiger partial charge in [-0.3, -0.25) is 0 Å². The van der Waals surface area contributed by atoms with Crippen LogP contribution in [0.3, 0.4) is 0 Å². The van der Waals surface area contributed by atoms with E-state index in [1.54, 1.807) is 0 Å². The molecule has 6 nitrogen and oxygen atoms in total. The fraction of sp³-hybridized carbons (Fsp3) is 0.364. The van der Waals surface area contributed by atoms with E-state index in [0.717, 1.165) is 21.2 Å². The van der Waals surface area contributed by atoms with Gasteiger partial charge in [-0.1, -0.05) is 15.9 Å². The monoisotopic (exact) mass is 327 g/mol. The number of amides is 1. The summed E-state index contributed by atoms with van der Waals surface area (Å²) < 4.78 is 17.8. The first-order chi connectivity index (χ1) is 9.16. The van der Waals surface area contributed by atoms with Crippen LogP contribution < -0.4 is 15.5 Å². The number of carbonyl (C=O) groups is 1. The van der Waals surface area contributed by atoms with Gasteiger partial charge in [-0.25, -0.2) is 4.79 Å². The predicted octanol–water partition coefficient (Wildman–Crippen LogP) is 0.892. The summed E-state index contributed by atoms with van der Waals surface area (Å²) in [7, 11) is -0.495. The minimum absolute atomic E-state index is 0.171. The zero-order valence-corrected chi connectivity index (χ0v) is 11.5. The summed E-state index contributed by atoms with van der Waals surface area (Å²) in [6.45, 7) is 1.09. The van der Waals surface area contributed by atoms with Gasteiger partial charge in [0.25, 0.3) is 0 Å². The third-order valence-electron chi connectivity index (χ3n) is 3.09. The van der Waals surface area contributed by atoms with Gasteiger partial charge in [0, 0.05) is 16.5 Å². The third-order valence-corrected chi connectivity index (χ3v) is 3.78. The second-order valence-corrected chi connectivity index (χ2v) is 5.09. The molecule has 0 aliphatic carbocycles. The van der Waals surface area contributed by atoms with Crippen LogP contribution in [0.2, 0.25) is 0 Å². The molecule has 8 heteroatoms. The minimum atomic E-state index is -1.08. The van der Waals surface area contributed by atoms with Crippen LogP contribution in [0.25, 0.3) is 0 Å². The van der Waals surface area contributed by atoms with Gasteiger partial charge in [-0.2, -0.15) is 0 Å². The lowest BCUT2D eigenvalue weighted by Gasteiger charge is -2.15. The molecule has 0 spiro atoms. The maximum absolute atomic E-state index is 10.6. The summed E-state index contributed by atoms with van der Waals surface area (Å²) in [6, 6.07) is 3.74. The highest BCUT2D eigenvalue weighted by Gasteiger charge is 2.42. The normalized spacial score (nSPS) is 20.5. The molecule has 0 bridgehead atoms. The molecule has 2 N–H and O–H groups in total. The van der Waals surface area contributed by atoms with E-state index in [-0.39, 0.29) is 12.6 Å². The number of carboxylic acid groups (broad SMARTS) is 1. The van der Waals surface area contributed by atoms with Crippen LogP contribution >= 0.6 is 15.9 Å². The zero-order valence-electron chi connectivity index (χ0n) is 9.89. The molecule has 0 radical (unpaired) electrons. The average molecular weight is 328 g/mol.